The summed E-state index contributed by atoms with van der Waals surface area (Å²) >= 11 is 1.37. The van der Waals surface area contributed by atoms with Crippen LogP contribution in [0.1, 0.15) is 26.7 Å². The molecule has 2 aliphatic carbocycles. The van der Waals surface area contributed by atoms with Crippen LogP contribution in [0, 0.1) is 63.7 Å². The van der Waals surface area contributed by atoms with E-state index < -0.39 is 22.8 Å². The van der Waals surface area contributed by atoms with Crippen LogP contribution in [-0.2, 0) is 36.2 Å². The maximum absolute atomic E-state index is 12.3. The first-order chi connectivity index (χ1) is 14.2. The van der Waals surface area contributed by atoms with E-state index in [1.165, 1.54) is 16.7 Å². The van der Waals surface area contributed by atoms with E-state index in [1.54, 1.807) is 39.5 Å². The van der Waals surface area contributed by atoms with Crippen molar-refractivity contribution in [2.45, 2.75) is 48.9 Å². The molecule has 2 amide bonds. The number of hydrogen-bond acceptors (Lipinski definition) is 5. The number of carboxylic acid groups (broad SMARTS) is 1. The van der Waals surface area contributed by atoms with Crippen molar-refractivity contribution in [1.29, 1.82) is 0 Å². The molecule has 2 heterocycles. The van der Waals surface area contributed by atoms with E-state index in [1.807, 2.05) is 32.1 Å². The van der Waals surface area contributed by atoms with E-state index >= 15 is 0 Å². The number of Topliss-reactive ketones (excluding diaryl/α,β-unsaturated/α-hetero) is 1. The summed E-state index contributed by atoms with van der Waals surface area (Å²) in [6.07, 6.45) is 17.0. The van der Waals surface area contributed by atoms with Crippen molar-refractivity contribution in [2.75, 3.05) is 0 Å². The first kappa shape index (κ1) is 26.2. The molecule has 10 radical (unpaired) electrons. The Balaban J connectivity index is 0.000000501. The smallest absolute Gasteiger partial charge is 0.480 e. The van der Waals surface area contributed by atoms with Crippen LogP contribution in [0.2, 0.25) is 0 Å². The molecule has 0 aromatic rings. The summed E-state index contributed by atoms with van der Waals surface area (Å²) in [6.45, 7) is 3.55. The second kappa shape index (κ2) is 11.2. The Morgan fingerprint density at radius 1 is 1.03 bits per heavy atom. The van der Waals surface area contributed by atoms with Gasteiger partial charge in [-0.15, -0.1) is 11.8 Å². The monoisotopic (exact) mass is 484 g/mol. The van der Waals surface area contributed by atoms with Gasteiger partial charge in [0.2, 0.25) is 11.8 Å². The molecule has 0 aromatic carbocycles. The van der Waals surface area contributed by atoms with Gasteiger partial charge in [0.05, 0.1) is 0 Å². The third-order valence-corrected chi connectivity index (χ3v) is 6.68. The van der Waals surface area contributed by atoms with Crippen LogP contribution < -0.4 is 5.32 Å². The summed E-state index contributed by atoms with van der Waals surface area (Å²) in [4.78, 5) is 49.0. The molecular formula is C22H24FeN2O5S+2. The van der Waals surface area contributed by atoms with Gasteiger partial charge in [-0.1, -0.05) is 0 Å². The average Bonchev–Trinajstić information content (AvgIpc) is 3.45. The Kier molecular flexibility index (Phi) is 9.46. The predicted octanol–water partition coefficient (Wildman–Crippen LogP) is 1.39. The molecule has 4 rings (SSSR count). The summed E-state index contributed by atoms with van der Waals surface area (Å²) in [5.41, 5.74) is 0. The SMILES string of the molecule is CC1(C)S[C@@H]2[C@H](NC(=O)CCC(=O)[C]3[CH][CH][CH][CH]3)C(=O)N2[C@H]1C(=O)O.[CH]1[CH][CH][CH][CH]1.[Fe+2]. The number of nitrogens with zero attached hydrogens (tertiary/aromatic N) is 1. The third-order valence-electron chi connectivity index (χ3n) is 5.11. The molecule has 2 N–H and O–H groups in total. The zero-order chi connectivity index (χ0) is 21.9. The fourth-order valence-corrected chi connectivity index (χ4v) is 5.27. The van der Waals surface area contributed by atoms with Crippen molar-refractivity contribution >= 4 is 35.3 Å². The van der Waals surface area contributed by atoms with Crippen LogP contribution in [0.4, 0.5) is 0 Å². The standard InChI is InChI=1S/C17H19N2O5S.C5H5.Fe/c1-17(2)13(16(23)24)19-14(22)12(15(19)25-17)18-11(21)8-7-10(20)9-5-3-4-6-9;1-2-4-5-3-1;/h3-6,12-13,15H,7-8H2,1-2H3,(H,18,21)(H,23,24);1-5H;/q;;+2/t12-,13+,15-;;/m1../s1. The Labute approximate surface area is 199 Å². The summed E-state index contributed by atoms with van der Waals surface area (Å²) in [5.74, 6) is -1.36. The predicted molar refractivity (Wildman–Crippen MR) is 112 cm³/mol. The molecule has 2 saturated carbocycles. The molecule has 0 unspecified atom stereocenters. The van der Waals surface area contributed by atoms with Gasteiger partial charge in [0, 0.05) is 23.5 Å². The second-order valence-corrected chi connectivity index (χ2v) is 9.47. The maximum atomic E-state index is 12.3. The van der Waals surface area contributed by atoms with Crippen molar-refractivity contribution in [3.63, 3.8) is 0 Å². The fraction of sp³-hybridized carbons (Fsp3) is 0.364. The first-order valence-corrected chi connectivity index (χ1v) is 10.5. The number of carbonyl (C=O) groups excluding carboxylic acids is 3. The van der Waals surface area contributed by atoms with Crippen LogP contribution in [0.25, 0.3) is 0 Å². The molecule has 2 saturated heterocycles. The van der Waals surface area contributed by atoms with E-state index in [0.717, 1.165) is 0 Å². The Hall–Kier alpha value is -1.05. The molecule has 164 valence electrons. The topological polar surface area (TPSA) is 104 Å². The zero-order valence-corrected chi connectivity index (χ0v) is 19.1. The molecule has 0 spiro atoms. The van der Waals surface area contributed by atoms with Gasteiger partial charge in [0.15, 0.2) is 0 Å². The second-order valence-electron chi connectivity index (χ2n) is 7.70. The van der Waals surface area contributed by atoms with Crippen LogP contribution >= 0.6 is 11.8 Å². The van der Waals surface area contributed by atoms with E-state index in [4.69, 9.17) is 0 Å². The molecule has 4 fully saturated rings. The van der Waals surface area contributed by atoms with Gasteiger partial charge in [-0.2, -0.15) is 0 Å². The van der Waals surface area contributed by atoms with Crippen LogP contribution in [0.3, 0.4) is 0 Å². The molecule has 2 aliphatic heterocycles. The Morgan fingerprint density at radius 2 is 1.58 bits per heavy atom. The number of aliphatic carboxylic acids is 1. The number of carbonyl (C=O) groups is 4. The van der Waals surface area contributed by atoms with Crippen molar-refractivity contribution in [3.8, 4) is 0 Å². The zero-order valence-electron chi connectivity index (χ0n) is 17.1. The van der Waals surface area contributed by atoms with Crippen molar-refractivity contribution < 1.29 is 41.4 Å². The minimum atomic E-state index is -1.04. The number of thioether (sulfide) groups is 1. The van der Waals surface area contributed by atoms with E-state index in [-0.39, 0.29) is 52.9 Å². The van der Waals surface area contributed by atoms with Crippen LogP contribution in [0.15, 0.2) is 0 Å². The van der Waals surface area contributed by atoms with E-state index in [0.29, 0.717) is 5.92 Å². The van der Waals surface area contributed by atoms with Gasteiger partial charge in [-0.3, -0.25) is 14.4 Å². The molecule has 31 heavy (non-hydrogen) atoms. The number of hydrogen-bond donors (Lipinski definition) is 2. The minimum Gasteiger partial charge on any atom is -0.480 e. The van der Waals surface area contributed by atoms with Crippen LogP contribution in [0.5, 0.6) is 0 Å². The van der Waals surface area contributed by atoms with Gasteiger partial charge in [0.25, 0.3) is 0 Å². The number of β-lactam (4-membered cyclic amide) rings is 1. The van der Waals surface area contributed by atoms with Gasteiger partial charge >= 0.3 is 23.0 Å². The number of ketones is 1. The average molecular weight is 484 g/mol. The first-order valence-electron chi connectivity index (χ1n) is 9.66. The van der Waals surface area contributed by atoms with Crippen molar-refractivity contribution in [3.05, 3.63) is 63.7 Å². The van der Waals surface area contributed by atoms with Gasteiger partial charge in [-0.05, 0) is 71.6 Å². The number of nitrogens with one attached hydrogen (secondary N) is 1. The molecule has 0 bridgehead atoms. The Bertz CT molecular complexity index is 684. The summed E-state index contributed by atoms with van der Waals surface area (Å²) in [5, 5.41) is 11.6. The fourth-order valence-electron chi connectivity index (χ4n) is 3.64. The summed E-state index contributed by atoms with van der Waals surface area (Å²) < 4.78 is -0.626. The number of carboxylic acids is 1. The quantitative estimate of drug-likeness (QED) is 0.437. The number of amides is 2. The van der Waals surface area contributed by atoms with Gasteiger partial charge in [-0.25, -0.2) is 4.79 Å². The largest absolute Gasteiger partial charge is 2.00 e. The summed E-state index contributed by atoms with van der Waals surface area (Å²) in [6, 6.07) is -1.63. The Morgan fingerprint density at radius 3 is 2.10 bits per heavy atom. The third kappa shape index (κ3) is 6.05. The number of fused-ring (bicyclic) bond motifs is 1. The van der Waals surface area contributed by atoms with E-state index in [9.17, 15) is 24.3 Å². The summed E-state index contributed by atoms with van der Waals surface area (Å²) in [7, 11) is 0. The van der Waals surface area contributed by atoms with Gasteiger partial charge in [0.1, 0.15) is 23.2 Å². The normalized spacial score (nSPS) is 28.6. The van der Waals surface area contributed by atoms with Gasteiger partial charge < -0.3 is 15.3 Å². The van der Waals surface area contributed by atoms with Crippen molar-refractivity contribution in [1.82, 2.24) is 10.2 Å². The molecule has 3 atom stereocenters. The molecule has 9 heteroatoms. The minimum absolute atomic E-state index is 0. The number of rotatable bonds is 6. The van der Waals surface area contributed by atoms with Crippen molar-refractivity contribution in [2.24, 2.45) is 0 Å². The molecule has 7 nitrogen and oxygen atoms in total. The maximum Gasteiger partial charge on any atom is 2.00 e. The molecule has 4 aliphatic rings. The molecular weight excluding hydrogens is 460 g/mol. The van der Waals surface area contributed by atoms with E-state index in [2.05, 4.69) is 5.32 Å². The van der Waals surface area contributed by atoms with Crippen LogP contribution in [-0.4, -0.2) is 55.8 Å². The molecule has 0 aromatic heterocycles.